The molecule has 0 radical (unpaired) electrons. The third-order valence-electron chi connectivity index (χ3n) is 2.46. The Balaban J connectivity index is 2.37. The zero-order chi connectivity index (χ0) is 12.4. The number of urea groups is 1. The van der Waals surface area contributed by atoms with Gasteiger partial charge in [0, 0.05) is 18.5 Å². The van der Waals surface area contributed by atoms with Crippen LogP contribution in [0, 0.1) is 5.82 Å². The number of hydrogen-bond donors (Lipinski definition) is 1. The third kappa shape index (κ3) is 2.21. The average molecular weight is 258 g/mol. The van der Waals surface area contributed by atoms with E-state index >= 15 is 0 Å². The molecule has 17 heavy (non-hydrogen) atoms. The minimum absolute atomic E-state index is 0.0680. The highest BCUT2D eigenvalue weighted by Gasteiger charge is 2.26. The fourth-order valence-corrected chi connectivity index (χ4v) is 1.87. The molecule has 1 aliphatic heterocycles. The molecule has 0 bridgehead atoms. The summed E-state index contributed by atoms with van der Waals surface area (Å²) in [5.74, 6) is -0.980. The summed E-state index contributed by atoms with van der Waals surface area (Å²) in [5, 5.41) is 2.15. The molecule has 1 fully saturated rings. The number of nitrogens with one attached hydrogen (secondary N) is 1. The number of pyridine rings is 1. The zero-order valence-electron chi connectivity index (χ0n) is 8.74. The van der Waals surface area contributed by atoms with Crippen LogP contribution in [0.25, 0.3) is 0 Å². The number of rotatable bonds is 2. The second-order valence-corrected chi connectivity index (χ2v) is 3.77. The van der Waals surface area contributed by atoms with Crippen molar-refractivity contribution in [3.8, 4) is 0 Å². The van der Waals surface area contributed by atoms with E-state index in [4.69, 9.17) is 11.6 Å². The first kappa shape index (κ1) is 11.8. The van der Waals surface area contributed by atoms with Gasteiger partial charge in [0.05, 0.1) is 24.0 Å². The summed E-state index contributed by atoms with van der Waals surface area (Å²) in [6.45, 7) is 0.194. The molecule has 3 amide bonds. The van der Waals surface area contributed by atoms with Crippen molar-refractivity contribution in [2.45, 2.75) is 12.3 Å². The fourth-order valence-electron chi connectivity index (χ4n) is 1.61. The van der Waals surface area contributed by atoms with Crippen molar-refractivity contribution in [1.29, 1.82) is 0 Å². The second-order valence-electron chi connectivity index (χ2n) is 3.51. The van der Waals surface area contributed by atoms with Crippen LogP contribution in [-0.4, -0.2) is 23.5 Å². The summed E-state index contributed by atoms with van der Waals surface area (Å²) in [6, 6.07) is -0.583. The van der Waals surface area contributed by atoms with Crippen LogP contribution in [-0.2, 0) is 10.7 Å². The number of halogens is 2. The Hall–Kier alpha value is -1.69. The van der Waals surface area contributed by atoms with Crippen molar-refractivity contribution in [1.82, 2.24) is 10.3 Å². The van der Waals surface area contributed by atoms with Crippen LogP contribution in [0.5, 0.6) is 0 Å². The number of anilines is 1. The quantitative estimate of drug-likeness (QED) is 0.815. The van der Waals surface area contributed by atoms with Gasteiger partial charge in [-0.2, -0.15) is 0 Å². The highest BCUT2D eigenvalue weighted by atomic mass is 35.5. The average Bonchev–Trinajstić information content (AvgIpc) is 2.29. The Morgan fingerprint density at radius 3 is 2.88 bits per heavy atom. The van der Waals surface area contributed by atoms with Gasteiger partial charge >= 0.3 is 6.03 Å². The first-order valence-corrected chi connectivity index (χ1v) is 5.46. The molecule has 0 spiro atoms. The molecule has 2 heterocycles. The largest absolute Gasteiger partial charge is 0.328 e. The van der Waals surface area contributed by atoms with Gasteiger partial charge in [-0.1, -0.05) is 0 Å². The van der Waals surface area contributed by atoms with Crippen LogP contribution in [0.4, 0.5) is 14.9 Å². The molecule has 5 nitrogen and oxygen atoms in total. The first-order chi connectivity index (χ1) is 8.13. The number of amides is 3. The fraction of sp³-hybridized carbons (Fsp3) is 0.300. The van der Waals surface area contributed by atoms with Crippen LogP contribution in [0.2, 0.25) is 0 Å². The van der Waals surface area contributed by atoms with Crippen molar-refractivity contribution in [2.75, 3.05) is 11.4 Å². The maximum Gasteiger partial charge on any atom is 0.328 e. The van der Waals surface area contributed by atoms with Crippen LogP contribution in [0.15, 0.2) is 12.4 Å². The van der Waals surface area contributed by atoms with Gasteiger partial charge in [0.1, 0.15) is 5.82 Å². The summed E-state index contributed by atoms with van der Waals surface area (Å²) in [5.41, 5.74) is 0.496. The van der Waals surface area contributed by atoms with E-state index < -0.39 is 11.8 Å². The predicted molar refractivity (Wildman–Crippen MR) is 59.3 cm³/mol. The minimum Gasteiger partial charge on any atom is -0.292 e. The molecule has 1 saturated heterocycles. The van der Waals surface area contributed by atoms with Gasteiger partial charge < -0.3 is 0 Å². The number of carbonyl (C=O) groups is 2. The molecular weight excluding hydrogens is 249 g/mol. The van der Waals surface area contributed by atoms with E-state index in [2.05, 4.69) is 10.3 Å². The second kappa shape index (κ2) is 4.67. The van der Waals surface area contributed by atoms with E-state index in [0.29, 0.717) is 5.69 Å². The Morgan fingerprint density at radius 1 is 1.47 bits per heavy atom. The predicted octanol–water partition coefficient (Wildman–Crippen LogP) is 1.41. The Kier molecular flexibility index (Phi) is 3.23. The lowest BCUT2D eigenvalue weighted by atomic mass is 10.2. The lowest BCUT2D eigenvalue weighted by Crippen LogP contribution is -2.50. The van der Waals surface area contributed by atoms with Crippen molar-refractivity contribution in [3.63, 3.8) is 0 Å². The van der Waals surface area contributed by atoms with Crippen molar-refractivity contribution < 1.29 is 14.0 Å². The van der Waals surface area contributed by atoms with E-state index in [1.54, 1.807) is 0 Å². The van der Waals surface area contributed by atoms with Gasteiger partial charge in [0.2, 0.25) is 5.91 Å². The van der Waals surface area contributed by atoms with Gasteiger partial charge in [-0.15, -0.1) is 11.6 Å². The maximum absolute atomic E-state index is 13.4. The van der Waals surface area contributed by atoms with Crippen molar-refractivity contribution in [2.24, 2.45) is 0 Å². The van der Waals surface area contributed by atoms with E-state index in [1.807, 2.05) is 0 Å². The topological polar surface area (TPSA) is 62.3 Å². The smallest absolute Gasteiger partial charge is 0.292 e. The van der Waals surface area contributed by atoms with Gasteiger partial charge in [0.25, 0.3) is 0 Å². The molecule has 7 heteroatoms. The number of carbonyl (C=O) groups excluding carboxylic acids is 2. The highest BCUT2D eigenvalue weighted by molar-refractivity contribution is 6.17. The van der Waals surface area contributed by atoms with E-state index in [1.165, 1.54) is 11.1 Å². The standard InChI is InChI=1S/C10H9ClFN3O2/c11-3-6-7(12)4-13-5-8(6)15-2-1-9(16)14-10(15)17/h4-5H,1-3H2,(H,14,16,17). The van der Waals surface area contributed by atoms with Crippen LogP contribution in [0.1, 0.15) is 12.0 Å². The summed E-state index contributed by atoms with van der Waals surface area (Å²) in [6.07, 6.45) is 2.56. The van der Waals surface area contributed by atoms with Gasteiger partial charge in [-0.25, -0.2) is 9.18 Å². The number of imide groups is 1. The minimum atomic E-state index is -0.583. The molecule has 0 aliphatic carbocycles. The highest BCUT2D eigenvalue weighted by Crippen LogP contribution is 2.25. The SMILES string of the molecule is O=C1CCN(c2cncc(F)c2CCl)C(=O)N1. The molecule has 1 aromatic heterocycles. The lowest BCUT2D eigenvalue weighted by Gasteiger charge is -2.27. The maximum atomic E-state index is 13.4. The molecule has 90 valence electrons. The van der Waals surface area contributed by atoms with Crippen LogP contribution >= 0.6 is 11.6 Å². The molecular formula is C10H9ClFN3O2. The lowest BCUT2D eigenvalue weighted by molar-refractivity contribution is -0.120. The zero-order valence-corrected chi connectivity index (χ0v) is 9.50. The number of aromatic nitrogens is 1. The summed E-state index contributed by atoms with van der Waals surface area (Å²) >= 11 is 5.64. The summed E-state index contributed by atoms with van der Waals surface area (Å²) in [7, 11) is 0. The number of alkyl halides is 1. The molecule has 1 aromatic rings. The number of nitrogens with zero attached hydrogens (tertiary/aromatic N) is 2. The Bertz CT molecular complexity index is 481. The molecule has 1 N–H and O–H groups in total. The van der Waals surface area contributed by atoms with Crippen molar-refractivity contribution in [3.05, 3.63) is 23.8 Å². The first-order valence-electron chi connectivity index (χ1n) is 4.93. The molecule has 0 aromatic carbocycles. The molecule has 0 unspecified atom stereocenters. The Labute approximate surface area is 102 Å². The van der Waals surface area contributed by atoms with Crippen molar-refractivity contribution >= 4 is 29.2 Å². The summed E-state index contributed by atoms with van der Waals surface area (Å²) < 4.78 is 13.4. The Morgan fingerprint density at radius 2 is 2.24 bits per heavy atom. The molecule has 2 rings (SSSR count). The van der Waals surface area contributed by atoms with E-state index in [0.717, 1.165) is 6.20 Å². The third-order valence-corrected chi connectivity index (χ3v) is 2.73. The van der Waals surface area contributed by atoms with E-state index in [-0.39, 0.29) is 30.3 Å². The number of hydrogen-bond acceptors (Lipinski definition) is 3. The van der Waals surface area contributed by atoms with Gasteiger partial charge in [0.15, 0.2) is 0 Å². The van der Waals surface area contributed by atoms with E-state index in [9.17, 15) is 14.0 Å². The van der Waals surface area contributed by atoms with Gasteiger partial charge in [-0.05, 0) is 0 Å². The molecule has 0 saturated carbocycles. The van der Waals surface area contributed by atoms with Crippen LogP contribution < -0.4 is 10.2 Å². The molecule has 0 atom stereocenters. The van der Waals surface area contributed by atoms with Gasteiger partial charge in [-0.3, -0.25) is 20.0 Å². The monoisotopic (exact) mass is 257 g/mol. The van der Waals surface area contributed by atoms with Crippen LogP contribution in [0.3, 0.4) is 0 Å². The molecule has 1 aliphatic rings. The summed E-state index contributed by atoms with van der Waals surface area (Å²) in [4.78, 5) is 27.5. The normalized spacial score (nSPS) is 16.0.